The summed E-state index contributed by atoms with van der Waals surface area (Å²) in [6, 6.07) is 0. The van der Waals surface area contributed by atoms with Gasteiger partial charge in [-0.05, 0) is 19.8 Å². The molecule has 0 spiro atoms. The summed E-state index contributed by atoms with van der Waals surface area (Å²) < 4.78 is 0. The first-order valence-corrected chi connectivity index (χ1v) is 9.08. The number of hydrogen-bond acceptors (Lipinski definition) is 2. The van der Waals surface area contributed by atoms with Crippen molar-refractivity contribution >= 4 is 23.2 Å². The van der Waals surface area contributed by atoms with Gasteiger partial charge in [-0.1, -0.05) is 88.4 Å². The Morgan fingerprint density at radius 3 is 1.76 bits per heavy atom. The monoisotopic (exact) mass is 333 g/mol. The summed E-state index contributed by atoms with van der Waals surface area (Å²) in [4.78, 5) is 1.76. The van der Waals surface area contributed by atoms with Gasteiger partial charge in [0.1, 0.15) is 0 Å². The van der Waals surface area contributed by atoms with Crippen molar-refractivity contribution in [3.05, 3.63) is 10.3 Å². The van der Waals surface area contributed by atoms with Crippen LogP contribution in [0.3, 0.4) is 0 Å². The van der Waals surface area contributed by atoms with Gasteiger partial charge in [0.2, 0.25) is 0 Å². The zero-order chi connectivity index (χ0) is 15.7. The van der Waals surface area contributed by atoms with Gasteiger partial charge in [-0.15, -0.1) is 10.2 Å². The molecule has 0 aliphatic heterocycles. The molecule has 1 heterocycles. The predicted octanol–water partition coefficient (Wildman–Crippen LogP) is 6.24. The highest BCUT2D eigenvalue weighted by Crippen LogP contribution is 2.31. The van der Waals surface area contributed by atoms with Crippen LogP contribution in [0.2, 0.25) is 10.3 Å². The summed E-state index contributed by atoms with van der Waals surface area (Å²) in [5.74, 6) is 0. The van der Waals surface area contributed by atoms with Gasteiger partial charge in [0.05, 0.1) is 5.54 Å². The highest BCUT2D eigenvalue weighted by atomic mass is 35.5. The summed E-state index contributed by atoms with van der Waals surface area (Å²) >= 11 is 11.9. The van der Waals surface area contributed by atoms with Gasteiger partial charge in [0.15, 0.2) is 10.3 Å². The van der Waals surface area contributed by atoms with Crippen molar-refractivity contribution in [3.8, 4) is 0 Å². The molecule has 1 unspecified atom stereocenters. The largest absolute Gasteiger partial charge is 0.190 e. The predicted molar refractivity (Wildman–Crippen MR) is 91.2 cm³/mol. The standard InChI is InChI=1S/C16H29Cl2N3/c1-4-6-8-9-11-13-16(3,12-10-7-5-2)21-19-14(17)15(18)20-21/h4-13H2,1-3H3. The molecule has 0 aromatic carbocycles. The van der Waals surface area contributed by atoms with Crippen LogP contribution >= 0.6 is 23.2 Å². The minimum atomic E-state index is -0.0713. The van der Waals surface area contributed by atoms with Gasteiger partial charge in [-0.25, -0.2) is 0 Å². The van der Waals surface area contributed by atoms with Gasteiger partial charge in [0.25, 0.3) is 0 Å². The van der Waals surface area contributed by atoms with Crippen LogP contribution in [0.15, 0.2) is 0 Å². The molecule has 0 aliphatic rings. The summed E-state index contributed by atoms with van der Waals surface area (Å²) in [6.45, 7) is 6.70. The van der Waals surface area contributed by atoms with Crippen molar-refractivity contribution in [2.24, 2.45) is 0 Å². The molecule has 5 heteroatoms. The normalized spacial score (nSPS) is 14.3. The highest BCUT2D eigenvalue weighted by molar-refractivity contribution is 6.40. The molecule has 1 rings (SSSR count). The average molecular weight is 334 g/mol. The molecule has 0 N–H and O–H groups in total. The number of hydrogen-bond donors (Lipinski definition) is 0. The van der Waals surface area contributed by atoms with E-state index in [-0.39, 0.29) is 5.54 Å². The summed E-state index contributed by atoms with van der Waals surface area (Å²) in [5, 5.41) is 9.25. The van der Waals surface area contributed by atoms with E-state index in [1.165, 1.54) is 51.4 Å². The molecule has 3 nitrogen and oxygen atoms in total. The van der Waals surface area contributed by atoms with E-state index in [1.54, 1.807) is 4.80 Å². The van der Waals surface area contributed by atoms with E-state index in [0.717, 1.165) is 12.8 Å². The Balaban J connectivity index is 2.65. The summed E-state index contributed by atoms with van der Waals surface area (Å²) in [6.07, 6.45) is 12.2. The first kappa shape index (κ1) is 18.8. The van der Waals surface area contributed by atoms with Gasteiger partial charge in [-0.2, -0.15) is 4.80 Å². The van der Waals surface area contributed by atoms with Crippen LogP contribution in [-0.4, -0.2) is 15.0 Å². The zero-order valence-electron chi connectivity index (χ0n) is 13.7. The van der Waals surface area contributed by atoms with E-state index >= 15 is 0 Å². The number of nitrogens with zero attached hydrogens (tertiary/aromatic N) is 3. The Morgan fingerprint density at radius 1 is 0.810 bits per heavy atom. The van der Waals surface area contributed by atoms with Crippen molar-refractivity contribution in [1.29, 1.82) is 0 Å². The first-order chi connectivity index (χ1) is 10.0. The smallest absolute Gasteiger partial charge is 0.176 e. The minimum absolute atomic E-state index is 0.0713. The van der Waals surface area contributed by atoms with Gasteiger partial charge < -0.3 is 0 Å². The Morgan fingerprint density at radius 2 is 1.24 bits per heavy atom. The number of aromatic nitrogens is 3. The Bertz CT molecular complexity index is 387. The lowest BCUT2D eigenvalue weighted by atomic mass is 9.89. The second kappa shape index (κ2) is 9.68. The third kappa shape index (κ3) is 6.15. The first-order valence-electron chi connectivity index (χ1n) is 8.32. The van der Waals surface area contributed by atoms with E-state index in [2.05, 4.69) is 31.0 Å². The molecule has 0 fully saturated rings. The maximum absolute atomic E-state index is 5.97. The molecule has 1 aromatic rings. The van der Waals surface area contributed by atoms with Crippen LogP contribution in [0.1, 0.15) is 85.0 Å². The second-order valence-corrected chi connectivity index (χ2v) is 6.91. The molecule has 21 heavy (non-hydrogen) atoms. The molecule has 0 saturated carbocycles. The van der Waals surface area contributed by atoms with Gasteiger partial charge in [0, 0.05) is 0 Å². The van der Waals surface area contributed by atoms with Crippen molar-refractivity contribution < 1.29 is 0 Å². The number of rotatable bonds is 11. The van der Waals surface area contributed by atoms with Crippen LogP contribution < -0.4 is 0 Å². The Labute approximate surface area is 139 Å². The minimum Gasteiger partial charge on any atom is -0.176 e. The van der Waals surface area contributed by atoms with Crippen LogP contribution in [-0.2, 0) is 5.54 Å². The van der Waals surface area contributed by atoms with Crippen molar-refractivity contribution in [1.82, 2.24) is 15.0 Å². The molecule has 0 saturated heterocycles. The van der Waals surface area contributed by atoms with Crippen LogP contribution in [0, 0.1) is 0 Å². The maximum atomic E-state index is 5.97. The van der Waals surface area contributed by atoms with Crippen molar-refractivity contribution in [2.75, 3.05) is 0 Å². The van der Waals surface area contributed by atoms with E-state index in [1.807, 2.05) is 0 Å². The van der Waals surface area contributed by atoms with Crippen LogP contribution in [0.25, 0.3) is 0 Å². The number of unbranched alkanes of at least 4 members (excludes halogenated alkanes) is 6. The third-order valence-corrected chi connectivity index (χ3v) is 4.76. The molecule has 1 atom stereocenters. The molecular weight excluding hydrogens is 305 g/mol. The molecular formula is C16H29Cl2N3. The van der Waals surface area contributed by atoms with E-state index in [4.69, 9.17) is 23.2 Å². The van der Waals surface area contributed by atoms with Gasteiger partial charge >= 0.3 is 0 Å². The van der Waals surface area contributed by atoms with Crippen LogP contribution in [0.5, 0.6) is 0 Å². The number of halogens is 2. The quantitative estimate of drug-likeness (QED) is 0.448. The van der Waals surface area contributed by atoms with E-state index < -0.39 is 0 Å². The topological polar surface area (TPSA) is 30.7 Å². The lowest BCUT2D eigenvalue weighted by Gasteiger charge is -2.29. The molecule has 0 amide bonds. The molecule has 0 bridgehead atoms. The molecule has 1 aromatic heterocycles. The molecule has 0 aliphatic carbocycles. The molecule has 0 radical (unpaired) electrons. The third-order valence-electron chi connectivity index (χ3n) is 4.16. The maximum Gasteiger partial charge on any atom is 0.190 e. The Hall–Kier alpha value is -0.280. The fourth-order valence-corrected chi connectivity index (χ4v) is 2.92. The lowest BCUT2D eigenvalue weighted by Crippen LogP contribution is -2.32. The highest BCUT2D eigenvalue weighted by Gasteiger charge is 2.29. The van der Waals surface area contributed by atoms with Crippen molar-refractivity contribution in [3.63, 3.8) is 0 Å². The molecule has 122 valence electrons. The van der Waals surface area contributed by atoms with E-state index in [0.29, 0.717) is 10.3 Å². The van der Waals surface area contributed by atoms with Crippen LogP contribution in [0.4, 0.5) is 0 Å². The van der Waals surface area contributed by atoms with Crippen molar-refractivity contribution in [2.45, 2.75) is 90.5 Å². The zero-order valence-corrected chi connectivity index (χ0v) is 15.2. The average Bonchev–Trinajstić information content (AvgIpc) is 2.79. The van der Waals surface area contributed by atoms with Gasteiger partial charge in [-0.3, -0.25) is 0 Å². The lowest BCUT2D eigenvalue weighted by molar-refractivity contribution is 0.201. The summed E-state index contributed by atoms with van der Waals surface area (Å²) in [7, 11) is 0. The fraction of sp³-hybridized carbons (Fsp3) is 0.875. The summed E-state index contributed by atoms with van der Waals surface area (Å²) in [5.41, 5.74) is -0.0713. The van der Waals surface area contributed by atoms with E-state index in [9.17, 15) is 0 Å². The fourth-order valence-electron chi connectivity index (χ4n) is 2.70. The Kier molecular flexibility index (Phi) is 8.65. The SMILES string of the molecule is CCCCCCCC(C)(CCCCC)n1nc(Cl)c(Cl)n1. The second-order valence-electron chi connectivity index (χ2n) is 6.19.